The summed E-state index contributed by atoms with van der Waals surface area (Å²) in [4.78, 5) is 23.5. The van der Waals surface area contributed by atoms with Crippen LogP contribution >= 0.6 is 0 Å². The van der Waals surface area contributed by atoms with E-state index in [0.29, 0.717) is 11.1 Å². The molecular weight excluding hydrogens is 358 g/mol. The lowest BCUT2D eigenvalue weighted by atomic mass is 9.97. The van der Waals surface area contributed by atoms with E-state index >= 15 is 0 Å². The highest BCUT2D eigenvalue weighted by atomic mass is 32.2. The fourth-order valence-corrected chi connectivity index (χ4v) is 5.44. The lowest BCUT2D eigenvalue weighted by molar-refractivity contribution is -0.138. The summed E-state index contributed by atoms with van der Waals surface area (Å²) in [6.07, 6.45) is 0. The van der Waals surface area contributed by atoms with Gasteiger partial charge in [-0.25, -0.2) is 8.42 Å². The molecule has 2 aromatic carbocycles. The van der Waals surface area contributed by atoms with Gasteiger partial charge in [-0.1, -0.05) is 60.7 Å². The molecule has 0 aromatic heterocycles. The molecule has 7 nitrogen and oxygen atoms in total. The van der Waals surface area contributed by atoms with E-state index in [9.17, 15) is 28.2 Å². The van der Waals surface area contributed by atoms with Crippen LogP contribution in [0.5, 0.6) is 0 Å². The SMILES string of the molecule is O=C(O)[C@@H]1[C@H](c2ccccc2)N[C@@H](c2ccccc2)[C@H](C(=O)O)S1(=O)=O. The van der Waals surface area contributed by atoms with Gasteiger partial charge in [-0.2, -0.15) is 0 Å². The summed E-state index contributed by atoms with van der Waals surface area (Å²) < 4.78 is 25.9. The second-order valence-corrected chi connectivity index (χ2v) is 8.24. The first kappa shape index (κ1) is 18.1. The highest BCUT2D eigenvalue weighted by molar-refractivity contribution is 7.94. The standard InChI is InChI=1S/C18H17NO6S/c20-17(21)15-13(11-7-3-1-4-8-11)19-14(12-9-5-2-6-10-12)16(18(22)23)26(15,24)25/h1-10,13-16,19H,(H,20,21)(H,22,23)/t13-,14-,15-,16+/m0/s1. The van der Waals surface area contributed by atoms with Crippen molar-refractivity contribution in [2.24, 2.45) is 0 Å². The molecule has 1 aliphatic rings. The van der Waals surface area contributed by atoms with Gasteiger partial charge >= 0.3 is 11.9 Å². The smallest absolute Gasteiger partial charge is 0.323 e. The molecule has 2 aromatic rings. The van der Waals surface area contributed by atoms with Crippen molar-refractivity contribution in [3.63, 3.8) is 0 Å². The second kappa shape index (κ2) is 6.89. The number of benzene rings is 2. The normalized spacial score (nSPS) is 27.5. The first-order chi connectivity index (χ1) is 12.3. The van der Waals surface area contributed by atoms with Crippen molar-refractivity contribution < 1.29 is 28.2 Å². The van der Waals surface area contributed by atoms with Crippen LogP contribution in [-0.2, 0) is 19.4 Å². The highest BCUT2D eigenvalue weighted by Gasteiger charge is 2.55. The summed E-state index contributed by atoms with van der Waals surface area (Å²) in [6, 6.07) is 14.5. The minimum absolute atomic E-state index is 0.466. The molecule has 3 rings (SSSR count). The van der Waals surface area contributed by atoms with Crippen LogP contribution in [0, 0.1) is 0 Å². The van der Waals surface area contributed by atoms with Crippen LogP contribution in [0.25, 0.3) is 0 Å². The predicted molar refractivity (Wildman–Crippen MR) is 93.3 cm³/mol. The number of aliphatic carboxylic acids is 2. The molecule has 0 unspecified atom stereocenters. The predicted octanol–water partition coefficient (Wildman–Crippen LogP) is 1.39. The minimum Gasteiger partial charge on any atom is -0.480 e. The van der Waals surface area contributed by atoms with E-state index < -0.39 is 44.4 Å². The molecule has 4 atom stereocenters. The van der Waals surface area contributed by atoms with Gasteiger partial charge in [0.2, 0.25) is 0 Å². The maximum Gasteiger partial charge on any atom is 0.323 e. The van der Waals surface area contributed by atoms with E-state index in [0.717, 1.165) is 0 Å². The van der Waals surface area contributed by atoms with Crippen LogP contribution < -0.4 is 5.32 Å². The van der Waals surface area contributed by atoms with Crippen LogP contribution in [0.1, 0.15) is 23.2 Å². The van der Waals surface area contributed by atoms with E-state index in [4.69, 9.17) is 0 Å². The molecule has 8 heteroatoms. The number of sulfone groups is 1. The third-order valence-corrected chi connectivity index (χ3v) is 6.84. The molecule has 1 heterocycles. The van der Waals surface area contributed by atoms with Crippen LogP contribution in [0.2, 0.25) is 0 Å². The van der Waals surface area contributed by atoms with E-state index in [2.05, 4.69) is 5.32 Å². The number of hydrogen-bond acceptors (Lipinski definition) is 5. The first-order valence-corrected chi connectivity index (χ1v) is 9.49. The van der Waals surface area contributed by atoms with Gasteiger partial charge in [0.15, 0.2) is 20.3 Å². The number of nitrogens with one attached hydrogen (secondary N) is 1. The van der Waals surface area contributed by atoms with Crippen molar-refractivity contribution in [1.82, 2.24) is 5.32 Å². The molecule has 1 fully saturated rings. The fourth-order valence-electron chi connectivity index (χ4n) is 3.33. The average Bonchev–Trinajstić information content (AvgIpc) is 2.60. The van der Waals surface area contributed by atoms with Gasteiger partial charge in [0.1, 0.15) is 0 Å². The fraction of sp³-hybridized carbons (Fsp3) is 0.222. The van der Waals surface area contributed by atoms with Gasteiger partial charge in [-0.15, -0.1) is 0 Å². The Hall–Kier alpha value is -2.71. The molecule has 0 amide bonds. The van der Waals surface area contributed by atoms with Gasteiger partial charge in [0, 0.05) is 0 Å². The van der Waals surface area contributed by atoms with Crippen molar-refractivity contribution in [3.05, 3.63) is 71.8 Å². The first-order valence-electron chi connectivity index (χ1n) is 7.88. The maximum atomic E-state index is 13.0. The van der Waals surface area contributed by atoms with E-state index in [-0.39, 0.29) is 0 Å². The summed E-state index contributed by atoms with van der Waals surface area (Å²) in [5, 5.41) is 18.3. The Morgan fingerprint density at radius 2 is 1.08 bits per heavy atom. The number of carbonyl (C=O) groups is 2. The molecule has 0 spiro atoms. The Morgan fingerprint density at radius 1 is 0.731 bits per heavy atom. The highest BCUT2D eigenvalue weighted by Crippen LogP contribution is 2.38. The van der Waals surface area contributed by atoms with Crippen molar-refractivity contribution in [2.45, 2.75) is 22.6 Å². The average molecular weight is 375 g/mol. The largest absolute Gasteiger partial charge is 0.480 e. The zero-order valence-corrected chi connectivity index (χ0v) is 14.3. The Labute approximate surface area is 150 Å². The maximum absolute atomic E-state index is 13.0. The van der Waals surface area contributed by atoms with Gasteiger partial charge < -0.3 is 10.2 Å². The lowest BCUT2D eigenvalue weighted by Gasteiger charge is -2.39. The molecule has 1 saturated heterocycles. The Bertz CT molecular complexity index is 844. The van der Waals surface area contributed by atoms with E-state index in [1.165, 1.54) is 0 Å². The number of rotatable bonds is 4. The molecule has 0 radical (unpaired) electrons. The van der Waals surface area contributed by atoms with Crippen molar-refractivity contribution in [2.75, 3.05) is 0 Å². The van der Waals surface area contributed by atoms with Crippen LogP contribution in [-0.4, -0.2) is 41.1 Å². The summed E-state index contributed by atoms with van der Waals surface area (Å²) in [6.45, 7) is 0. The Kier molecular flexibility index (Phi) is 4.80. The molecule has 0 aliphatic carbocycles. The molecule has 1 aliphatic heterocycles. The summed E-state index contributed by atoms with van der Waals surface area (Å²) >= 11 is 0. The summed E-state index contributed by atoms with van der Waals surface area (Å²) in [5.41, 5.74) is 0.932. The zero-order valence-electron chi connectivity index (χ0n) is 13.5. The van der Waals surface area contributed by atoms with Crippen LogP contribution in [0.3, 0.4) is 0 Å². The van der Waals surface area contributed by atoms with Gasteiger partial charge in [0.25, 0.3) is 0 Å². The van der Waals surface area contributed by atoms with Gasteiger partial charge in [-0.3, -0.25) is 14.9 Å². The minimum atomic E-state index is -4.52. The topological polar surface area (TPSA) is 121 Å². The monoisotopic (exact) mass is 375 g/mol. The van der Waals surface area contributed by atoms with Crippen molar-refractivity contribution >= 4 is 21.8 Å². The molecule has 136 valence electrons. The number of hydrogen-bond donors (Lipinski definition) is 3. The zero-order chi connectivity index (χ0) is 18.9. The third kappa shape index (κ3) is 3.09. The Morgan fingerprint density at radius 3 is 1.38 bits per heavy atom. The van der Waals surface area contributed by atoms with Crippen molar-refractivity contribution in [1.29, 1.82) is 0 Å². The summed E-state index contributed by atoms with van der Waals surface area (Å²) in [7, 11) is -4.52. The summed E-state index contributed by atoms with van der Waals surface area (Å²) in [5.74, 6) is -3.16. The molecule has 3 N–H and O–H groups in total. The van der Waals surface area contributed by atoms with E-state index in [1.54, 1.807) is 60.7 Å². The van der Waals surface area contributed by atoms with Crippen LogP contribution in [0.15, 0.2) is 60.7 Å². The quantitative estimate of drug-likeness (QED) is 0.738. The van der Waals surface area contributed by atoms with E-state index in [1.807, 2.05) is 0 Å². The lowest BCUT2D eigenvalue weighted by Crippen LogP contribution is -2.58. The van der Waals surface area contributed by atoms with Crippen LogP contribution in [0.4, 0.5) is 0 Å². The van der Waals surface area contributed by atoms with Gasteiger partial charge in [-0.05, 0) is 11.1 Å². The number of carboxylic acid groups (broad SMARTS) is 2. The second-order valence-electron chi connectivity index (χ2n) is 6.05. The Balaban J connectivity index is 2.18. The van der Waals surface area contributed by atoms with Crippen molar-refractivity contribution in [3.8, 4) is 0 Å². The molecular formula is C18H17NO6S. The third-order valence-electron chi connectivity index (χ3n) is 4.48. The molecule has 0 bridgehead atoms. The number of carboxylic acids is 2. The van der Waals surface area contributed by atoms with Gasteiger partial charge in [0.05, 0.1) is 12.1 Å². The molecule has 0 saturated carbocycles. The molecule has 26 heavy (non-hydrogen) atoms.